The summed E-state index contributed by atoms with van der Waals surface area (Å²) in [5.74, 6) is 1.47. The molecule has 7 nitrogen and oxygen atoms in total. The molecule has 3 aromatic rings. The molecule has 1 aromatic carbocycles. The number of nitrogens with zero attached hydrogens (tertiary/aromatic N) is 4. The van der Waals surface area contributed by atoms with Crippen molar-refractivity contribution in [2.45, 2.75) is 38.6 Å². The summed E-state index contributed by atoms with van der Waals surface area (Å²) >= 11 is 0. The fourth-order valence-corrected chi connectivity index (χ4v) is 3.69. The van der Waals surface area contributed by atoms with Crippen LogP contribution in [0.25, 0.3) is 0 Å². The summed E-state index contributed by atoms with van der Waals surface area (Å²) in [5.41, 5.74) is 1.61. The van der Waals surface area contributed by atoms with E-state index in [1.165, 1.54) is 16.3 Å². The van der Waals surface area contributed by atoms with Crippen LogP contribution in [-0.4, -0.2) is 38.7 Å². The van der Waals surface area contributed by atoms with Crippen LogP contribution < -0.4 is 5.56 Å². The zero-order chi connectivity index (χ0) is 20.2. The maximum atomic E-state index is 12.7. The van der Waals surface area contributed by atoms with E-state index in [-0.39, 0.29) is 23.9 Å². The Labute approximate surface area is 169 Å². The molecule has 29 heavy (non-hydrogen) atoms. The zero-order valence-electron chi connectivity index (χ0n) is 16.5. The molecule has 2 aromatic heterocycles. The average molecular weight is 392 g/mol. The first-order chi connectivity index (χ1) is 14.1. The predicted octanol–water partition coefficient (Wildman–Crippen LogP) is 2.54. The molecule has 0 unspecified atom stereocenters. The number of benzene rings is 1. The number of aryl methyl sites for hydroxylation is 1. The molecular weight excluding hydrogens is 368 g/mol. The van der Waals surface area contributed by atoms with Crippen LogP contribution in [0.3, 0.4) is 0 Å². The third kappa shape index (κ3) is 4.62. The Bertz CT molecular complexity index is 1040. The number of hydrogen-bond donors (Lipinski definition) is 0. The second-order valence-electron chi connectivity index (χ2n) is 7.48. The number of rotatable bonds is 5. The van der Waals surface area contributed by atoms with Gasteiger partial charge in [0.25, 0.3) is 5.56 Å². The minimum Gasteiger partial charge on any atom is -0.445 e. The number of oxazole rings is 1. The molecule has 1 aliphatic rings. The maximum absolute atomic E-state index is 12.7. The normalized spacial score (nSPS) is 16.7. The van der Waals surface area contributed by atoms with Gasteiger partial charge in [0.1, 0.15) is 12.3 Å². The van der Waals surface area contributed by atoms with Gasteiger partial charge in [-0.05, 0) is 31.4 Å². The summed E-state index contributed by atoms with van der Waals surface area (Å²) in [6, 6.07) is 13.2. The smallest absolute Gasteiger partial charge is 0.267 e. The molecule has 0 bridgehead atoms. The Kier molecular flexibility index (Phi) is 5.55. The summed E-state index contributed by atoms with van der Waals surface area (Å²) in [7, 11) is 0. The van der Waals surface area contributed by atoms with Gasteiger partial charge >= 0.3 is 0 Å². The second kappa shape index (κ2) is 8.43. The van der Waals surface area contributed by atoms with Crippen molar-refractivity contribution in [1.29, 1.82) is 0 Å². The second-order valence-corrected chi connectivity index (χ2v) is 7.48. The number of piperidine rings is 1. The van der Waals surface area contributed by atoms with Crippen molar-refractivity contribution in [1.82, 2.24) is 19.7 Å². The van der Waals surface area contributed by atoms with Gasteiger partial charge < -0.3 is 9.32 Å². The van der Waals surface area contributed by atoms with Crippen molar-refractivity contribution in [3.63, 3.8) is 0 Å². The lowest BCUT2D eigenvalue weighted by Gasteiger charge is -2.31. The highest BCUT2D eigenvalue weighted by Crippen LogP contribution is 2.27. The minimum absolute atomic E-state index is 0.0436. The van der Waals surface area contributed by atoms with Crippen LogP contribution >= 0.6 is 0 Å². The number of amides is 1. The summed E-state index contributed by atoms with van der Waals surface area (Å²) in [4.78, 5) is 30.9. The molecule has 0 radical (unpaired) electrons. The van der Waals surface area contributed by atoms with Crippen molar-refractivity contribution in [3.8, 4) is 0 Å². The largest absolute Gasteiger partial charge is 0.445 e. The van der Waals surface area contributed by atoms with E-state index in [0.717, 1.165) is 18.6 Å². The van der Waals surface area contributed by atoms with Crippen LogP contribution in [0, 0.1) is 6.92 Å². The topological polar surface area (TPSA) is 81.2 Å². The van der Waals surface area contributed by atoms with E-state index >= 15 is 0 Å². The van der Waals surface area contributed by atoms with Gasteiger partial charge in [0, 0.05) is 25.6 Å². The molecule has 4 rings (SSSR count). The first-order valence-corrected chi connectivity index (χ1v) is 9.89. The van der Waals surface area contributed by atoms with Crippen molar-refractivity contribution < 1.29 is 9.21 Å². The van der Waals surface area contributed by atoms with Gasteiger partial charge in [-0.3, -0.25) is 9.59 Å². The number of carbonyl (C=O) groups is 1. The lowest BCUT2D eigenvalue weighted by Crippen LogP contribution is -2.42. The van der Waals surface area contributed by atoms with Gasteiger partial charge in [0.2, 0.25) is 5.91 Å². The number of likely N-dealkylation sites (tertiary alicyclic amines) is 1. The SMILES string of the molecule is Cc1ccc(=O)n(CC(=O)N2CCC[C@@H](c3ncc(Cc4ccccc4)o3)C2)n1. The molecule has 0 spiro atoms. The highest BCUT2D eigenvalue weighted by molar-refractivity contribution is 5.76. The zero-order valence-corrected chi connectivity index (χ0v) is 16.5. The van der Waals surface area contributed by atoms with Gasteiger partial charge in [0.15, 0.2) is 5.89 Å². The van der Waals surface area contributed by atoms with Gasteiger partial charge in [-0.15, -0.1) is 0 Å². The van der Waals surface area contributed by atoms with Gasteiger partial charge in [-0.2, -0.15) is 5.10 Å². The lowest BCUT2D eigenvalue weighted by atomic mass is 9.98. The van der Waals surface area contributed by atoms with Crippen molar-refractivity contribution >= 4 is 5.91 Å². The molecule has 0 saturated carbocycles. The van der Waals surface area contributed by atoms with Crippen molar-refractivity contribution in [2.24, 2.45) is 0 Å². The summed E-state index contributed by atoms with van der Waals surface area (Å²) in [6.07, 6.45) is 4.28. The third-order valence-electron chi connectivity index (χ3n) is 5.20. The Balaban J connectivity index is 1.41. The van der Waals surface area contributed by atoms with E-state index in [9.17, 15) is 9.59 Å². The quantitative estimate of drug-likeness (QED) is 0.667. The van der Waals surface area contributed by atoms with E-state index in [1.54, 1.807) is 24.1 Å². The summed E-state index contributed by atoms with van der Waals surface area (Å²) in [6.45, 7) is 2.98. The van der Waals surface area contributed by atoms with Crippen LogP contribution in [-0.2, 0) is 17.8 Å². The van der Waals surface area contributed by atoms with Gasteiger partial charge in [0.05, 0.1) is 17.8 Å². The molecule has 0 N–H and O–H groups in total. The van der Waals surface area contributed by atoms with E-state index in [0.29, 0.717) is 31.1 Å². The van der Waals surface area contributed by atoms with Gasteiger partial charge in [-0.25, -0.2) is 9.67 Å². The highest BCUT2D eigenvalue weighted by Gasteiger charge is 2.28. The third-order valence-corrected chi connectivity index (χ3v) is 5.20. The average Bonchev–Trinajstić information content (AvgIpc) is 3.20. The molecule has 3 heterocycles. The molecule has 1 aliphatic heterocycles. The molecule has 7 heteroatoms. The Morgan fingerprint density at radius 1 is 1.21 bits per heavy atom. The first-order valence-electron chi connectivity index (χ1n) is 9.89. The highest BCUT2D eigenvalue weighted by atomic mass is 16.4. The lowest BCUT2D eigenvalue weighted by molar-refractivity contribution is -0.133. The number of carbonyl (C=O) groups excluding carboxylic acids is 1. The van der Waals surface area contributed by atoms with Crippen molar-refractivity contribution in [2.75, 3.05) is 13.1 Å². The molecule has 150 valence electrons. The van der Waals surface area contributed by atoms with Gasteiger partial charge in [-0.1, -0.05) is 30.3 Å². The molecule has 1 saturated heterocycles. The number of aromatic nitrogens is 3. The van der Waals surface area contributed by atoms with Crippen molar-refractivity contribution in [3.05, 3.63) is 81.9 Å². The predicted molar refractivity (Wildman–Crippen MR) is 108 cm³/mol. The molecule has 1 amide bonds. The fourth-order valence-electron chi connectivity index (χ4n) is 3.69. The number of hydrogen-bond acceptors (Lipinski definition) is 5. The summed E-state index contributed by atoms with van der Waals surface area (Å²) in [5, 5.41) is 4.15. The van der Waals surface area contributed by atoms with Crippen LogP contribution in [0.1, 0.15) is 41.7 Å². The molecule has 1 atom stereocenters. The van der Waals surface area contributed by atoms with Crippen LogP contribution in [0.5, 0.6) is 0 Å². The van der Waals surface area contributed by atoms with Crippen LogP contribution in [0.4, 0.5) is 0 Å². The monoisotopic (exact) mass is 392 g/mol. The van der Waals surface area contributed by atoms with E-state index in [1.807, 2.05) is 18.2 Å². The fraction of sp³-hybridized carbons (Fsp3) is 0.364. The molecular formula is C22H24N4O3. The molecule has 0 aliphatic carbocycles. The Morgan fingerprint density at radius 3 is 2.86 bits per heavy atom. The van der Waals surface area contributed by atoms with Crippen LogP contribution in [0.15, 0.2) is 57.9 Å². The first kappa shape index (κ1) is 19.1. The Hall–Kier alpha value is -3.22. The summed E-state index contributed by atoms with van der Waals surface area (Å²) < 4.78 is 7.22. The van der Waals surface area contributed by atoms with Crippen LogP contribution in [0.2, 0.25) is 0 Å². The minimum atomic E-state index is -0.268. The Morgan fingerprint density at radius 2 is 2.03 bits per heavy atom. The van der Waals surface area contributed by atoms with E-state index in [2.05, 4.69) is 22.2 Å². The standard InChI is InChI=1S/C22H24N4O3/c1-16-9-10-20(27)26(24-16)15-21(28)25-11-5-8-18(14-25)22-23-13-19(29-22)12-17-6-3-2-4-7-17/h2-4,6-7,9-10,13,18H,5,8,11-12,14-15H2,1H3/t18-/m1/s1. The van der Waals surface area contributed by atoms with E-state index in [4.69, 9.17) is 4.42 Å². The molecule has 1 fully saturated rings. The maximum Gasteiger partial charge on any atom is 0.267 e. The van der Waals surface area contributed by atoms with E-state index < -0.39 is 0 Å².